The molecule has 2 amide bonds. The minimum absolute atomic E-state index is 0.00397. The predicted octanol–water partition coefficient (Wildman–Crippen LogP) is 3.10. The number of carbonyl (C=O) groups excluding carboxylic acids is 1. The second-order valence-electron chi connectivity index (χ2n) is 5.28. The van der Waals surface area contributed by atoms with Crippen LogP contribution < -0.4 is 5.32 Å². The number of likely N-dealkylation sites (N-methyl/N-ethyl adjacent to an activating group) is 1. The van der Waals surface area contributed by atoms with Crippen LogP contribution in [0.2, 0.25) is 5.02 Å². The number of benzene rings is 1. The first kappa shape index (κ1) is 14.8. The van der Waals surface area contributed by atoms with Crippen LogP contribution >= 0.6 is 23.4 Å². The van der Waals surface area contributed by atoms with Crippen LogP contribution in [-0.2, 0) is 5.75 Å². The van der Waals surface area contributed by atoms with E-state index in [-0.39, 0.29) is 12.2 Å². The fraction of sp³-hybridized carbons (Fsp3) is 0.400. The van der Waals surface area contributed by atoms with Gasteiger partial charge >= 0.3 is 6.03 Å². The van der Waals surface area contributed by atoms with Gasteiger partial charge < -0.3 is 10.2 Å². The molecule has 0 aliphatic carbocycles. The number of halogens is 1. The highest BCUT2D eigenvalue weighted by atomic mass is 35.5. The Morgan fingerprint density at radius 2 is 2.19 bits per heavy atom. The standard InChI is InChI=1S/C15H18ClN3OS/c1-18-7-4-8-19-14(18)9-13(17-15(19)20)21-10-11-5-2-3-6-12(11)16/h2-3,5-6,9,14H,4,7-8,10H2,1H3,(H,17,20). The van der Waals surface area contributed by atoms with Crippen LogP contribution in [0.4, 0.5) is 4.79 Å². The Morgan fingerprint density at radius 3 is 3.00 bits per heavy atom. The Labute approximate surface area is 134 Å². The molecule has 1 atom stereocenters. The first-order valence-electron chi connectivity index (χ1n) is 7.01. The normalized spacial score (nSPS) is 22.6. The van der Waals surface area contributed by atoms with E-state index in [1.54, 1.807) is 11.8 Å². The molecule has 112 valence electrons. The summed E-state index contributed by atoms with van der Waals surface area (Å²) in [5, 5.41) is 4.65. The van der Waals surface area contributed by atoms with E-state index in [9.17, 15) is 4.79 Å². The number of nitrogens with zero attached hydrogens (tertiary/aromatic N) is 2. The zero-order valence-corrected chi connectivity index (χ0v) is 13.5. The maximum Gasteiger partial charge on any atom is 0.323 e. The number of urea groups is 1. The zero-order valence-electron chi connectivity index (χ0n) is 11.9. The number of thioether (sulfide) groups is 1. The Bertz CT molecular complexity index is 578. The van der Waals surface area contributed by atoms with E-state index in [4.69, 9.17) is 11.6 Å². The topological polar surface area (TPSA) is 35.6 Å². The molecule has 0 bridgehead atoms. The van der Waals surface area contributed by atoms with Crippen LogP contribution in [0.3, 0.4) is 0 Å². The van der Waals surface area contributed by atoms with Crippen LogP contribution in [0, 0.1) is 0 Å². The molecule has 1 unspecified atom stereocenters. The number of hydrogen-bond donors (Lipinski definition) is 1. The summed E-state index contributed by atoms with van der Waals surface area (Å²) in [6.45, 7) is 1.84. The van der Waals surface area contributed by atoms with Gasteiger partial charge in [0, 0.05) is 23.9 Å². The molecule has 21 heavy (non-hydrogen) atoms. The van der Waals surface area contributed by atoms with Crippen LogP contribution in [0.15, 0.2) is 35.4 Å². The van der Waals surface area contributed by atoms with Crippen molar-refractivity contribution in [1.29, 1.82) is 0 Å². The number of amides is 2. The summed E-state index contributed by atoms with van der Waals surface area (Å²) < 4.78 is 0. The van der Waals surface area contributed by atoms with Gasteiger partial charge in [-0.05, 0) is 31.2 Å². The molecule has 0 saturated carbocycles. The maximum absolute atomic E-state index is 12.2. The third kappa shape index (κ3) is 3.20. The van der Waals surface area contributed by atoms with Crippen molar-refractivity contribution >= 4 is 29.4 Å². The maximum atomic E-state index is 12.2. The lowest BCUT2D eigenvalue weighted by atomic mass is 10.2. The van der Waals surface area contributed by atoms with Crippen molar-refractivity contribution in [3.63, 3.8) is 0 Å². The molecule has 6 heteroatoms. The molecule has 4 nitrogen and oxygen atoms in total. The fourth-order valence-corrected chi connectivity index (χ4v) is 3.86. The first-order valence-corrected chi connectivity index (χ1v) is 8.37. The summed E-state index contributed by atoms with van der Waals surface area (Å²) in [4.78, 5) is 16.3. The van der Waals surface area contributed by atoms with Gasteiger partial charge in [0.1, 0.15) is 6.17 Å². The number of carbonyl (C=O) groups is 1. The summed E-state index contributed by atoms with van der Waals surface area (Å²) in [7, 11) is 2.06. The molecule has 0 spiro atoms. The van der Waals surface area contributed by atoms with Gasteiger partial charge in [-0.2, -0.15) is 0 Å². The van der Waals surface area contributed by atoms with E-state index >= 15 is 0 Å². The van der Waals surface area contributed by atoms with Gasteiger partial charge in [-0.3, -0.25) is 4.90 Å². The summed E-state index contributed by atoms with van der Waals surface area (Å²) in [6, 6.07) is 7.80. The van der Waals surface area contributed by atoms with Crippen molar-refractivity contribution in [2.45, 2.75) is 18.3 Å². The molecule has 2 aliphatic rings. The molecule has 1 N–H and O–H groups in total. The number of nitrogens with one attached hydrogen (secondary N) is 1. The molecule has 1 aromatic carbocycles. The van der Waals surface area contributed by atoms with Crippen molar-refractivity contribution in [3.8, 4) is 0 Å². The van der Waals surface area contributed by atoms with Gasteiger partial charge in [0.05, 0.1) is 5.03 Å². The highest BCUT2D eigenvalue weighted by Crippen LogP contribution is 2.28. The van der Waals surface area contributed by atoms with Gasteiger partial charge in [0.2, 0.25) is 0 Å². The molecule has 2 aliphatic heterocycles. The summed E-state index contributed by atoms with van der Waals surface area (Å²) in [5.41, 5.74) is 1.08. The molecule has 1 fully saturated rings. The second kappa shape index (κ2) is 6.30. The highest BCUT2D eigenvalue weighted by molar-refractivity contribution is 8.02. The van der Waals surface area contributed by atoms with Crippen molar-refractivity contribution in [2.75, 3.05) is 20.1 Å². The lowest BCUT2D eigenvalue weighted by Crippen LogP contribution is -2.58. The molecule has 2 heterocycles. The molecular weight excluding hydrogens is 306 g/mol. The summed E-state index contributed by atoms with van der Waals surface area (Å²) >= 11 is 7.79. The van der Waals surface area contributed by atoms with E-state index in [0.29, 0.717) is 0 Å². The average molecular weight is 324 g/mol. The van der Waals surface area contributed by atoms with Gasteiger partial charge in [-0.1, -0.05) is 29.8 Å². The predicted molar refractivity (Wildman–Crippen MR) is 87.1 cm³/mol. The molecular formula is C15H18ClN3OS. The average Bonchev–Trinajstić information content (AvgIpc) is 2.48. The smallest absolute Gasteiger partial charge is 0.305 e. The quantitative estimate of drug-likeness (QED) is 0.928. The van der Waals surface area contributed by atoms with E-state index in [1.165, 1.54) is 0 Å². The Hall–Kier alpha value is -1.17. The minimum Gasteiger partial charge on any atom is -0.305 e. The monoisotopic (exact) mass is 323 g/mol. The number of hydrogen-bond acceptors (Lipinski definition) is 3. The van der Waals surface area contributed by atoms with Gasteiger partial charge in [0.15, 0.2) is 0 Å². The highest BCUT2D eigenvalue weighted by Gasteiger charge is 2.33. The van der Waals surface area contributed by atoms with Crippen LogP contribution in [-0.4, -0.2) is 42.1 Å². The third-order valence-corrected chi connectivity index (χ3v) is 5.19. The lowest BCUT2D eigenvalue weighted by Gasteiger charge is -2.43. The lowest BCUT2D eigenvalue weighted by molar-refractivity contribution is 0.0742. The number of rotatable bonds is 3. The van der Waals surface area contributed by atoms with Gasteiger partial charge in [-0.25, -0.2) is 4.79 Å². The third-order valence-electron chi connectivity index (χ3n) is 3.81. The Balaban J connectivity index is 1.71. The summed E-state index contributed by atoms with van der Waals surface area (Å²) in [5.74, 6) is 0.752. The zero-order chi connectivity index (χ0) is 14.8. The molecule has 1 saturated heterocycles. The van der Waals surface area contributed by atoms with Crippen molar-refractivity contribution < 1.29 is 4.79 Å². The Morgan fingerprint density at radius 1 is 1.38 bits per heavy atom. The molecule has 1 aromatic rings. The van der Waals surface area contributed by atoms with Crippen LogP contribution in [0.5, 0.6) is 0 Å². The van der Waals surface area contributed by atoms with Gasteiger partial charge in [0.25, 0.3) is 0 Å². The Kier molecular flexibility index (Phi) is 4.42. The SMILES string of the molecule is CN1CCCN2C(=O)NC(SCc3ccccc3Cl)=CC12. The van der Waals surface area contributed by atoms with E-state index < -0.39 is 0 Å². The van der Waals surface area contributed by atoms with Crippen LogP contribution in [0.25, 0.3) is 0 Å². The van der Waals surface area contributed by atoms with Crippen molar-refractivity contribution in [3.05, 3.63) is 46.0 Å². The van der Waals surface area contributed by atoms with Gasteiger partial charge in [-0.15, -0.1) is 11.8 Å². The second-order valence-corrected chi connectivity index (χ2v) is 6.71. The minimum atomic E-state index is -0.00397. The van der Waals surface area contributed by atoms with E-state index in [2.05, 4.69) is 23.3 Å². The van der Waals surface area contributed by atoms with E-state index in [1.807, 2.05) is 29.2 Å². The fourth-order valence-electron chi connectivity index (χ4n) is 2.64. The summed E-state index contributed by atoms with van der Waals surface area (Å²) in [6.07, 6.45) is 3.22. The largest absolute Gasteiger partial charge is 0.323 e. The number of fused-ring (bicyclic) bond motifs is 1. The molecule has 3 rings (SSSR count). The molecule has 0 radical (unpaired) electrons. The van der Waals surface area contributed by atoms with E-state index in [0.717, 1.165) is 40.9 Å². The molecule has 0 aromatic heterocycles. The first-order chi connectivity index (χ1) is 10.1. The van der Waals surface area contributed by atoms with Crippen molar-refractivity contribution in [2.24, 2.45) is 0 Å². The van der Waals surface area contributed by atoms with Crippen LogP contribution in [0.1, 0.15) is 12.0 Å². The van der Waals surface area contributed by atoms with Crippen molar-refractivity contribution in [1.82, 2.24) is 15.1 Å².